The smallest absolute Gasteiger partial charge is 0.440 e. The molecule has 4 aromatic rings. The van der Waals surface area contributed by atoms with Gasteiger partial charge in [-0.2, -0.15) is 0 Å². The minimum atomic E-state index is -0.775. The van der Waals surface area contributed by atoms with Crippen LogP contribution >= 0.6 is 0 Å². The van der Waals surface area contributed by atoms with Crippen LogP contribution in [0.2, 0.25) is 0 Å². The highest BCUT2D eigenvalue weighted by atomic mass is 16.5. The Balaban J connectivity index is 1.40. The van der Waals surface area contributed by atoms with Crippen molar-refractivity contribution < 1.29 is 19.1 Å². The molecule has 0 atom stereocenters. The fraction of sp³-hybridized carbons (Fsp3) is 0.200. The minimum absolute atomic E-state index is 0.0173. The number of nitrogens with zero attached hydrogens (tertiary/aromatic N) is 1. The molecule has 33 heavy (non-hydrogen) atoms. The Bertz CT molecular complexity index is 1330. The molecule has 0 aliphatic heterocycles. The lowest BCUT2D eigenvalue weighted by Crippen LogP contribution is -2.17. The predicted molar refractivity (Wildman–Crippen MR) is 123 cm³/mol. The quantitative estimate of drug-likeness (QED) is 0.408. The zero-order valence-corrected chi connectivity index (χ0v) is 18.1. The molecular weight excluding hydrogens is 424 g/mol. The first-order chi connectivity index (χ1) is 16.0. The van der Waals surface area contributed by atoms with Crippen molar-refractivity contribution in [2.45, 2.75) is 20.1 Å². The van der Waals surface area contributed by atoms with Gasteiger partial charge in [-0.15, -0.1) is 4.74 Å². The summed E-state index contributed by atoms with van der Waals surface area (Å²) in [6.07, 6.45) is 0. The van der Waals surface area contributed by atoms with E-state index in [0.29, 0.717) is 12.4 Å². The molecule has 1 heterocycles. The molecule has 0 amide bonds. The Morgan fingerprint density at radius 1 is 0.939 bits per heavy atom. The summed E-state index contributed by atoms with van der Waals surface area (Å²) in [5, 5.41) is 8.91. The molecule has 0 saturated carbocycles. The van der Waals surface area contributed by atoms with Crippen LogP contribution in [0, 0.1) is 6.92 Å². The van der Waals surface area contributed by atoms with Crippen LogP contribution in [0.25, 0.3) is 11.1 Å². The van der Waals surface area contributed by atoms with Gasteiger partial charge in [0.05, 0.1) is 13.2 Å². The second-order valence-corrected chi connectivity index (χ2v) is 7.53. The SMILES string of the molecule is Cc1cc(OCCO)ccc1-c1cccc(COc2ccc(Cn3oc(=O)[nH]c3=O)cc2)c1. The van der Waals surface area contributed by atoms with Gasteiger partial charge in [0, 0.05) is 0 Å². The van der Waals surface area contributed by atoms with Crippen molar-refractivity contribution in [3.63, 3.8) is 0 Å². The number of aromatic amines is 1. The van der Waals surface area contributed by atoms with Crippen molar-refractivity contribution in [3.8, 4) is 22.6 Å². The van der Waals surface area contributed by atoms with Crippen LogP contribution in [0.4, 0.5) is 0 Å². The summed E-state index contributed by atoms with van der Waals surface area (Å²) >= 11 is 0. The van der Waals surface area contributed by atoms with Crippen LogP contribution in [0.3, 0.4) is 0 Å². The fourth-order valence-electron chi connectivity index (χ4n) is 3.48. The maximum Gasteiger partial charge on any atom is 0.440 e. The summed E-state index contributed by atoms with van der Waals surface area (Å²) in [5.74, 6) is 0.647. The lowest BCUT2D eigenvalue weighted by Gasteiger charge is -2.12. The molecule has 3 aromatic carbocycles. The first-order valence-electron chi connectivity index (χ1n) is 10.5. The van der Waals surface area contributed by atoms with E-state index in [1.54, 1.807) is 0 Å². The summed E-state index contributed by atoms with van der Waals surface area (Å²) in [5.41, 5.74) is 4.51. The number of hydrogen-bond acceptors (Lipinski definition) is 6. The molecule has 0 fully saturated rings. The largest absolute Gasteiger partial charge is 0.491 e. The topological polar surface area (TPSA) is 107 Å². The highest BCUT2D eigenvalue weighted by Crippen LogP contribution is 2.28. The minimum Gasteiger partial charge on any atom is -0.491 e. The van der Waals surface area contributed by atoms with Crippen molar-refractivity contribution in [1.82, 2.24) is 9.72 Å². The van der Waals surface area contributed by atoms with Crippen molar-refractivity contribution in [3.05, 3.63) is 104 Å². The molecule has 1 aromatic heterocycles. The zero-order valence-electron chi connectivity index (χ0n) is 18.1. The molecule has 170 valence electrons. The molecule has 0 saturated heterocycles. The third kappa shape index (κ3) is 5.61. The molecule has 0 aliphatic rings. The molecule has 0 radical (unpaired) electrons. The average Bonchev–Trinajstić information content (AvgIpc) is 3.13. The molecule has 0 unspecified atom stereocenters. The second kappa shape index (κ2) is 10.1. The van der Waals surface area contributed by atoms with E-state index in [4.69, 9.17) is 19.1 Å². The van der Waals surface area contributed by atoms with E-state index >= 15 is 0 Å². The van der Waals surface area contributed by atoms with Gasteiger partial charge in [-0.25, -0.2) is 14.6 Å². The van der Waals surface area contributed by atoms with E-state index in [-0.39, 0.29) is 19.8 Å². The van der Waals surface area contributed by atoms with Gasteiger partial charge in [0.15, 0.2) is 0 Å². The third-order valence-corrected chi connectivity index (χ3v) is 5.08. The Hall–Kier alpha value is -4.04. The highest BCUT2D eigenvalue weighted by molar-refractivity contribution is 5.68. The number of H-pyrrole nitrogens is 1. The number of aliphatic hydroxyl groups excluding tert-OH is 1. The van der Waals surface area contributed by atoms with Crippen molar-refractivity contribution in [2.75, 3.05) is 13.2 Å². The zero-order chi connectivity index (χ0) is 23.2. The van der Waals surface area contributed by atoms with Gasteiger partial charge in [-0.3, -0.25) is 0 Å². The summed E-state index contributed by atoms with van der Waals surface area (Å²) in [4.78, 5) is 24.7. The molecule has 0 aliphatic carbocycles. The van der Waals surface area contributed by atoms with Crippen LogP contribution in [0.1, 0.15) is 16.7 Å². The third-order valence-electron chi connectivity index (χ3n) is 5.08. The number of aromatic nitrogens is 2. The summed E-state index contributed by atoms with van der Waals surface area (Å²) in [7, 11) is 0. The average molecular weight is 448 g/mol. The Labute approximate surface area is 189 Å². The first kappa shape index (κ1) is 22.2. The van der Waals surface area contributed by atoms with Gasteiger partial charge in [0.2, 0.25) is 0 Å². The summed E-state index contributed by atoms with van der Waals surface area (Å²) in [6.45, 7) is 2.84. The van der Waals surface area contributed by atoms with Gasteiger partial charge in [0.25, 0.3) is 0 Å². The second-order valence-electron chi connectivity index (χ2n) is 7.53. The molecule has 2 N–H and O–H groups in total. The van der Waals surface area contributed by atoms with Gasteiger partial charge in [-0.1, -0.05) is 36.4 Å². The molecular formula is C25H24N2O6. The van der Waals surface area contributed by atoms with E-state index in [9.17, 15) is 9.59 Å². The van der Waals surface area contributed by atoms with Crippen molar-refractivity contribution in [1.29, 1.82) is 0 Å². The molecule has 8 nitrogen and oxygen atoms in total. The fourth-order valence-corrected chi connectivity index (χ4v) is 3.48. The lowest BCUT2D eigenvalue weighted by molar-refractivity contribution is 0.201. The Morgan fingerprint density at radius 2 is 1.73 bits per heavy atom. The monoisotopic (exact) mass is 448 g/mol. The Kier molecular flexibility index (Phi) is 6.75. The summed E-state index contributed by atoms with van der Waals surface area (Å²) < 4.78 is 17.1. The van der Waals surface area contributed by atoms with Crippen LogP contribution in [0.15, 0.2) is 80.8 Å². The molecule has 4 rings (SSSR count). The molecule has 8 heteroatoms. The number of rotatable bonds is 9. The number of ether oxygens (including phenoxy) is 2. The first-order valence-corrected chi connectivity index (χ1v) is 10.5. The van der Waals surface area contributed by atoms with Crippen LogP contribution in [-0.2, 0) is 13.2 Å². The number of aryl methyl sites for hydroxylation is 1. The highest BCUT2D eigenvalue weighted by Gasteiger charge is 2.07. The number of aliphatic hydroxyl groups is 1. The maximum absolute atomic E-state index is 11.6. The van der Waals surface area contributed by atoms with Crippen LogP contribution in [0.5, 0.6) is 11.5 Å². The molecule has 0 bridgehead atoms. The van der Waals surface area contributed by atoms with Gasteiger partial charge in [-0.05, 0) is 65.1 Å². The number of benzene rings is 3. The number of hydrogen-bond donors (Lipinski definition) is 2. The van der Waals surface area contributed by atoms with E-state index < -0.39 is 11.4 Å². The van der Waals surface area contributed by atoms with Gasteiger partial charge >= 0.3 is 11.4 Å². The Morgan fingerprint density at radius 3 is 2.42 bits per heavy atom. The normalized spacial score (nSPS) is 10.8. The van der Waals surface area contributed by atoms with Crippen LogP contribution < -0.4 is 20.9 Å². The van der Waals surface area contributed by atoms with Gasteiger partial charge in [0.1, 0.15) is 24.7 Å². The summed E-state index contributed by atoms with van der Waals surface area (Å²) in [6, 6.07) is 21.3. The maximum atomic E-state index is 11.6. The van der Waals surface area contributed by atoms with E-state index in [0.717, 1.165) is 38.3 Å². The number of nitrogens with one attached hydrogen (secondary N) is 1. The van der Waals surface area contributed by atoms with Crippen molar-refractivity contribution >= 4 is 0 Å². The van der Waals surface area contributed by atoms with Crippen LogP contribution in [-0.4, -0.2) is 28.0 Å². The lowest BCUT2D eigenvalue weighted by atomic mass is 9.99. The molecule has 0 spiro atoms. The van der Waals surface area contributed by atoms with E-state index in [1.165, 1.54) is 0 Å². The van der Waals surface area contributed by atoms with Gasteiger partial charge < -0.3 is 19.1 Å². The van der Waals surface area contributed by atoms with E-state index in [2.05, 4.69) is 17.1 Å². The standard InChI is InChI=1S/C25H24N2O6/c1-17-13-22(31-12-11-28)9-10-23(17)20-4-2-3-19(14-20)16-32-21-7-5-18(6-8-21)15-27-24(29)26-25(30)33-27/h2-10,13-14,28H,11-12,15-16H2,1H3,(H,26,29,30). The predicted octanol–water partition coefficient (Wildman–Crippen LogP) is 3.10. The van der Waals surface area contributed by atoms with Crippen molar-refractivity contribution in [2.24, 2.45) is 0 Å². The van der Waals surface area contributed by atoms with E-state index in [1.807, 2.05) is 61.5 Å².